The first-order valence-corrected chi connectivity index (χ1v) is 10.8. The van der Waals surface area contributed by atoms with Crippen LogP contribution in [-0.2, 0) is 21.4 Å². The van der Waals surface area contributed by atoms with Gasteiger partial charge in [-0.1, -0.05) is 11.6 Å². The zero-order valence-electron chi connectivity index (χ0n) is 17.7. The van der Waals surface area contributed by atoms with Gasteiger partial charge in [0.05, 0.1) is 13.0 Å². The second-order valence-electron chi connectivity index (χ2n) is 9.63. The summed E-state index contributed by atoms with van der Waals surface area (Å²) >= 11 is 0. The van der Waals surface area contributed by atoms with Crippen LogP contribution in [0, 0.1) is 11.8 Å². The lowest BCUT2D eigenvalue weighted by atomic mass is 9.46. The number of ketones is 1. The zero-order valence-corrected chi connectivity index (χ0v) is 17.7. The van der Waals surface area contributed by atoms with Crippen LogP contribution >= 0.6 is 0 Å². The quantitative estimate of drug-likeness (QED) is 0.737. The Morgan fingerprint density at radius 2 is 2.14 bits per heavy atom. The fraction of sp³-hybridized carbons (Fsp3) is 0.625. The number of likely N-dealkylation sites (tertiary alicyclic amines) is 1. The van der Waals surface area contributed by atoms with Crippen LogP contribution in [0.2, 0.25) is 0 Å². The summed E-state index contributed by atoms with van der Waals surface area (Å²) in [5.74, 6) is 2.14. The van der Waals surface area contributed by atoms with Gasteiger partial charge >= 0.3 is 0 Å². The number of fused-ring (bicyclic) bond motifs is 2. The number of carbonyl (C=O) groups is 1. The number of carbonyl (C=O) groups excluding carboxylic acids is 1. The van der Waals surface area contributed by atoms with Crippen molar-refractivity contribution in [1.82, 2.24) is 4.90 Å². The molecule has 5 nitrogen and oxygen atoms in total. The van der Waals surface area contributed by atoms with Crippen LogP contribution in [0.3, 0.4) is 0 Å². The average molecular weight is 395 g/mol. The first kappa shape index (κ1) is 18.0. The molecule has 3 aliphatic carbocycles. The fourth-order valence-corrected chi connectivity index (χ4v) is 7.68. The molecule has 1 aromatic rings. The molecule has 2 unspecified atom stereocenters. The lowest BCUT2D eigenvalue weighted by molar-refractivity contribution is -0.164. The molecule has 0 saturated carbocycles. The van der Waals surface area contributed by atoms with Crippen molar-refractivity contribution in [2.75, 3.05) is 27.8 Å². The molecule has 2 aliphatic heterocycles. The van der Waals surface area contributed by atoms with Crippen molar-refractivity contribution in [1.29, 1.82) is 0 Å². The molecule has 1 fully saturated rings. The first-order chi connectivity index (χ1) is 14.0. The van der Waals surface area contributed by atoms with Crippen LogP contribution in [0.4, 0.5) is 0 Å². The Morgan fingerprint density at radius 3 is 2.86 bits per heavy atom. The minimum Gasteiger partial charge on any atom is -0.493 e. The van der Waals surface area contributed by atoms with Crippen molar-refractivity contribution >= 4 is 5.78 Å². The average Bonchev–Trinajstić information content (AvgIpc) is 3.07. The molecule has 1 saturated heterocycles. The Kier molecular flexibility index (Phi) is 3.49. The summed E-state index contributed by atoms with van der Waals surface area (Å²) in [6.45, 7) is 2.75. The largest absolute Gasteiger partial charge is 0.493 e. The number of rotatable bonds is 3. The molecule has 0 aromatic heterocycles. The SMILES string of the molecule is COc1ccc2c3c1O[C@H]1C4(OC)C=C(CC[C@@H]4C(C)=O)C4[C@@H](C2)N(C)CC[C@@]341. The molecular weight excluding hydrogens is 366 g/mol. The zero-order chi connectivity index (χ0) is 20.1. The van der Waals surface area contributed by atoms with Crippen LogP contribution in [0.25, 0.3) is 0 Å². The van der Waals surface area contributed by atoms with Gasteiger partial charge < -0.3 is 19.1 Å². The van der Waals surface area contributed by atoms with Crippen molar-refractivity contribution in [2.45, 2.75) is 55.8 Å². The standard InChI is InChI=1S/C24H29NO4/c1-13(26)16-7-5-15-12-24(16,28-4)22-23-9-10-25(2)17(19(15)23)11-14-6-8-18(27-3)21(29-22)20(14)23/h6,8,12,16-17,19,22H,5,7,9-11H2,1-4H3/t16-,17-,19?,22-,23+,24?/m1/s1. The number of ether oxygens (including phenoxy) is 3. The maximum Gasteiger partial charge on any atom is 0.165 e. The van der Waals surface area contributed by atoms with E-state index in [0.29, 0.717) is 12.0 Å². The molecule has 6 rings (SSSR count). The lowest BCUT2D eigenvalue weighted by Gasteiger charge is -2.63. The number of hydrogen-bond acceptors (Lipinski definition) is 5. The van der Waals surface area contributed by atoms with Crippen molar-refractivity contribution in [3.8, 4) is 11.5 Å². The maximum absolute atomic E-state index is 12.7. The predicted molar refractivity (Wildman–Crippen MR) is 109 cm³/mol. The Labute approximate surface area is 172 Å². The maximum atomic E-state index is 12.7. The molecule has 5 aliphatic rings. The molecule has 1 spiro atoms. The molecule has 6 atom stereocenters. The number of benzene rings is 1. The van der Waals surface area contributed by atoms with Crippen molar-refractivity contribution in [2.24, 2.45) is 11.8 Å². The second kappa shape index (κ2) is 5.64. The van der Waals surface area contributed by atoms with Gasteiger partial charge in [0.2, 0.25) is 0 Å². The highest BCUT2D eigenvalue weighted by atomic mass is 16.6. The number of hydrogen-bond donors (Lipinski definition) is 0. The van der Waals surface area contributed by atoms with Crippen molar-refractivity contribution < 1.29 is 19.0 Å². The van der Waals surface area contributed by atoms with Gasteiger partial charge in [-0.15, -0.1) is 0 Å². The number of nitrogens with zero attached hydrogens (tertiary/aromatic N) is 1. The van der Waals surface area contributed by atoms with Gasteiger partial charge in [0, 0.05) is 30.0 Å². The van der Waals surface area contributed by atoms with Gasteiger partial charge in [-0.2, -0.15) is 0 Å². The fourth-order valence-electron chi connectivity index (χ4n) is 7.68. The molecule has 29 heavy (non-hydrogen) atoms. The van der Waals surface area contributed by atoms with Crippen LogP contribution in [0.15, 0.2) is 23.8 Å². The Balaban J connectivity index is 1.68. The summed E-state index contributed by atoms with van der Waals surface area (Å²) in [5.41, 5.74) is 3.36. The molecular formula is C24H29NO4. The Hall–Kier alpha value is -1.85. The van der Waals surface area contributed by atoms with E-state index in [1.54, 1.807) is 21.1 Å². The van der Waals surface area contributed by atoms with Crippen molar-refractivity contribution in [3.63, 3.8) is 0 Å². The third-order valence-electron chi connectivity index (χ3n) is 8.74. The topological polar surface area (TPSA) is 48.0 Å². The Bertz CT molecular complexity index is 954. The number of methoxy groups -OCH3 is 2. The highest BCUT2D eigenvalue weighted by Crippen LogP contribution is 2.68. The summed E-state index contributed by atoms with van der Waals surface area (Å²) in [6, 6.07) is 4.74. The van der Waals surface area contributed by atoms with Gasteiger partial charge in [-0.25, -0.2) is 0 Å². The third kappa shape index (κ3) is 1.88. The summed E-state index contributed by atoms with van der Waals surface area (Å²) in [7, 11) is 5.73. The van der Waals surface area contributed by atoms with Gasteiger partial charge in [0.15, 0.2) is 11.5 Å². The Morgan fingerprint density at radius 1 is 1.31 bits per heavy atom. The van der Waals surface area contributed by atoms with Gasteiger partial charge in [-0.3, -0.25) is 4.79 Å². The summed E-state index contributed by atoms with van der Waals surface area (Å²) < 4.78 is 18.8. The number of piperidine rings is 1. The van der Waals surface area contributed by atoms with E-state index in [2.05, 4.69) is 24.1 Å². The normalized spacial score (nSPS) is 41.3. The van der Waals surface area contributed by atoms with Crippen LogP contribution in [-0.4, -0.2) is 56.2 Å². The molecule has 5 heteroatoms. The van der Waals surface area contributed by atoms with E-state index in [-0.39, 0.29) is 23.2 Å². The van der Waals surface area contributed by atoms with E-state index in [1.165, 1.54) is 16.7 Å². The van der Waals surface area contributed by atoms with E-state index < -0.39 is 5.60 Å². The highest BCUT2D eigenvalue weighted by molar-refractivity contribution is 5.81. The van der Waals surface area contributed by atoms with E-state index in [0.717, 1.165) is 43.7 Å². The van der Waals surface area contributed by atoms with E-state index in [4.69, 9.17) is 14.2 Å². The smallest absolute Gasteiger partial charge is 0.165 e. The number of likely N-dealkylation sites (N-methyl/N-ethyl adjacent to an activating group) is 1. The summed E-state index contributed by atoms with van der Waals surface area (Å²) in [4.78, 5) is 15.3. The minimum absolute atomic E-state index is 0.136. The van der Waals surface area contributed by atoms with Crippen LogP contribution in [0.1, 0.15) is 37.3 Å². The molecule has 1 aromatic carbocycles. The van der Waals surface area contributed by atoms with Gasteiger partial charge in [0.1, 0.15) is 17.5 Å². The third-order valence-corrected chi connectivity index (χ3v) is 8.74. The van der Waals surface area contributed by atoms with Crippen LogP contribution in [0.5, 0.6) is 11.5 Å². The molecule has 0 N–H and O–H groups in total. The first-order valence-electron chi connectivity index (χ1n) is 10.8. The summed E-state index contributed by atoms with van der Waals surface area (Å²) in [5, 5.41) is 0. The highest BCUT2D eigenvalue weighted by Gasteiger charge is 2.72. The monoisotopic (exact) mass is 395 g/mol. The number of Topliss-reactive ketones (excluding diaryl/α,β-unsaturated/α-hetero) is 1. The molecule has 0 radical (unpaired) electrons. The van der Waals surface area contributed by atoms with E-state index >= 15 is 0 Å². The second-order valence-corrected chi connectivity index (χ2v) is 9.63. The molecule has 4 bridgehead atoms. The van der Waals surface area contributed by atoms with E-state index in [9.17, 15) is 4.79 Å². The minimum atomic E-state index is -0.699. The van der Waals surface area contributed by atoms with E-state index in [1.807, 2.05) is 6.07 Å². The van der Waals surface area contributed by atoms with Crippen LogP contribution < -0.4 is 9.47 Å². The van der Waals surface area contributed by atoms with Gasteiger partial charge in [0.25, 0.3) is 0 Å². The van der Waals surface area contributed by atoms with Crippen molar-refractivity contribution in [3.05, 3.63) is 34.9 Å². The predicted octanol–water partition coefficient (Wildman–Crippen LogP) is 2.89. The molecule has 154 valence electrons. The van der Waals surface area contributed by atoms with Gasteiger partial charge in [-0.05, 0) is 63.9 Å². The summed E-state index contributed by atoms with van der Waals surface area (Å²) in [6.07, 6.45) is 6.00. The lowest BCUT2D eigenvalue weighted by Crippen LogP contribution is -2.72. The molecule has 0 amide bonds. The molecule has 2 heterocycles.